The molecule has 20 heavy (non-hydrogen) atoms. The van der Waals surface area contributed by atoms with Crippen molar-refractivity contribution in [1.29, 1.82) is 0 Å². The largest absolute Gasteiger partial charge is 0.503 e. The van der Waals surface area contributed by atoms with Crippen LogP contribution in [0, 0.1) is 17.8 Å². The molecule has 0 unspecified atom stereocenters. The van der Waals surface area contributed by atoms with Crippen LogP contribution in [0.25, 0.3) is 0 Å². The van der Waals surface area contributed by atoms with Gasteiger partial charge in [-0.15, -0.1) is 0 Å². The lowest BCUT2D eigenvalue weighted by Crippen LogP contribution is -2.23. The fourth-order valence-electron chi connectivity index (χ4n) is 3.93. The van der Waals surface area contributed by atoms with E-state index in [9.17, 15) is 0 Å². The van der Waals surface area contributed by atoms with E-state index in [0.29, 0.717) is 6.61 Å². The molecule has 0 aromatic carbocycles. The first-order valence-electron chi connectivity index (χ1n) is 8.16. The van der Waals surface area contributed by atoms with E-state index >= 15 is 0 Å². The zero-order valence-electron chi connectivity index (χ0n) is 12.5. The Morgan fingerprint density at radius 3 is 1.85 bits per heavy atom. The number of carbonyl (C=O) groups is 1. The number of hydrogen-bond acceptors (Lipinski definition) is 2. The normalized spacial score (nSPS) is 27.4. The molecule has 4 nitrogen and oxygen atoms in total. The molecule has 0 atom stereocenters. The van der Waals surface area contributed by atoms with Gasteiger partial charge in [-0.3, -0.25) is 0 Å². The van der Waals surface area contributed by atoms with Gasteiger partial charge in [-0.25, -0.2) is 4.79 Å². The van der Waals surface area contributed by atoms with Gasteiger partial charge in [0.2, 0.25) is 0 Å². The van der Waals surface area contributed by atoms with Crippen LogP contribution >= 0.6 is 0 Å². The lowest BCUT2D eigenvalue weighted by molar-refractivity contribution is 0.137. The lowest BCUT2D eigenvalue weighted by Gasteiger charge is -2.35. The molecule has 0 aromatic heterocycles. The number of aliphatic hydroxyl groups is 1. The van der Waals surface area contributed by atoms with Gasteiger partial charge >= 0.3 is 6.16 Å². The summed E-state index contributed by atoms with van der Waals surface area (Å²) in [5, 5.41) is 22.8. The standard InChI is InChI=1S/C15H28O.CH2O3/c16-12-4-5-13-8-10-15(11-9-13)14-6-2-1-3-7-14;2-1(3)4/h13-16H,1-12H2;(H2,2,3,4)/t13-,15-;. The summed E-state index contributed by atoms with van der Waals surface area (Å²) in [6.07, 6.45) is 13.8. The molecule has 2 aliphatic rings. The second-order valence-electron chi connectivity index (χ2n) is 6.33. The van der Waals surface area contributed by atoms with E-state index in [1.54, 1.807) is 0 Å². The molecule has 2 saturated carbocycles. The zero-order valence-corrected chi connectivity index (χ0v) is 12.5. The van der Waals surface area contributed by atoms with Gasteiger partial charge in [0.05, 0.1) is 0 Å². The highest BCUT2D eigenvalue weighted by atomic mass is 16.6. The minimum Gasteiger partial charge on any atom is -0.450 e. The highest BCUT2D eigenvalue weighted by molar-refractivity contribution is 5.53. The minimum absolute atomic E-state index is 0.391. The maximum atomic E-state index is 8.85. The van der Waals surface area contributed by atoms with Gasteiger partial charge < -0.3 is 15.3 Å². The summed E-state index contributed by atoms with van der Waals surface area (Å²) in [5.41, 5.74) is 0. The van der Waals surface area contributed by atoms with E-state index in [-0.39, 0.29) is 0 Å². The van der Waals surface area contributed by atoms with Gasteiger partial charge in [-0.1, -0.05) is 44.9 Å². The number of rotatable bonds is 4. The van der Waals surface area contributed by atoms with Crippen molar-refractivity contribution in [3.05, 3.63) is 0 Å². The van der Waals surface area contributed by atoms with Crippen molar-refractivity contribution in [2.24, 2.45) is 17.8 Å². The molecule has 2 fully saturated rings. The van der Waals surface area contributed by atoms with Crippen molar-refractivity contribution in [2.75, 3.05) is 6.61 Å². The highest BCUT2D eigenvalue weighted by Crippen LogP contribution is 2.40. The fraction of sp³-hybridized carbons (Fsp3) is 0.938. The summed E-state index contributed by atoms with van der Waals surface area (Å²) < 4.78 is 0. The van der Waals surface area contributed by atoms with Crippen LogP contribution in [0.2, 0.25) is 0 Å². The molecule has 3 N–H and O–H groups in total. The van der Waals surface area contributed by atoms with Gasteiger partial charge in [0.1, 0.15) is 0 Å². The second kappa shape index (κ2) is 10.0. The smallest absolute Gasteiger partial charge is 0.450 e. The maximum Gasteiger partial charge on any atom is 0.503 e. The molecule has 4 heteroatoms. The summed E-state index contributed by atoms with van der Waals surface area (Å²) in [6, 6.07) is 0. The average Bonchev–Trinajstić information content (AvgIpc) is 2.46. The highest BCUT2D eigenvalue weighted by Gasteiger charge is 2.28. The quantitative estimate of drug-likeness (QED) is 0.717. The van der Waals surface area contributed by atoms with Gasteiger partial charge in [-0.05, 0) is 43.4 Å². The fourth-order valence-corrected chi connectivity index (χ4v) is 3.93. The summed E-state index contributed by atoms with van der Waals surface area (Å²) in [5.74, 6) is 3.07. The van der Waals surface area contributed by atoms with Gasteiger partial charge in [0.15, 0.2) is 0 Å². The summed E-state index contributed by atoms with van der Waals surface area (Å²) in [7, 11) is 0. The van der Waals surface area contributed by atoms with Crippen LogP contribution < -0.4 is 0 Å². The number of carboxylic acid groups (broad SMARTS) is 2. The molecule has 0 saturated heterocycles. The number of hydrogen-bond donors (Lipinski definition) is 3. The van der Waals surface area contributed by atoms with Crippen LogP contribution in [0.4, 0.5) is 4.79 Å². The Balaban J connectivity index is 0.000000444. The summed E-state index contributed by atoms with van der Waals surface area (Å²) in [6.45, 7) is 0.391. The van der Waals surface area contributed by atoms with Crippen LogP contribution in [-0.2, 0) is 0 Å². The minimum atomic E-state index is -1.83. The molecular formula is C16H30O4. The third-order valence-electron chi connectivity index (χ3n) is 4.98. The predicted molar refractivity (Wildman–Crippen MR) is 79.0 cm³/mol. The van der Waals surface area contributed by atoms with Crippen LogP contribution in [0.5, 0.6) is 0 Å². The third-order valence-corrected chi connectivity index (χ3v) is 4.98. The monoisotopic (exact) mass is 286 g/mol. The molecule has 0 amide bonds. The zero-order chi connectivity index (χ0) is 14.8. The van der Waals surface area contributed by atoms with Crippen molar-refractivity contribution in [2.45, 2.75) is 70.6 Å². The van der Waals surface area contributed by atoms with Crippen LogP contribution in [-0.4, -0.2) is 28.1 Å². The Bertz CT molecular complexity index is 249. The van der Waals surface area contributed by atoms with E-state index in [2.05, 4.69) is 0 Å². The molecule has 0 aromatic rings. The molecule has 2 aliphatic carbocycles. The molecule has 0 bridgehead atoms. The van der Waals surface area contributed by atoms with Crippen molar-refractivity contribution in [1.82, 2.24) is 0 Å². The SMILES string of the molecule is O=C(O)O.OCCC[C@H]1CC[C@H](C2CCCCC2)CC1. The Morgan fingerprint density at radius 1 is 0.850 bits per heavy atom. The van der Waals surface area contributed by atoms with Crippen LogP contribution in [0.15, 0.2) is 0 Å². The maximum absolute atomic E-state index is 8.85. The molecular weight excluding hydrogens is 256 g/mol. The van der Waals surface area contributed by atoms with Crippen molar-refractivity contribution in [3.63, 3.8) is 0 Å². The van der Waals surface area contributed by atoms with Gasteiger partial charge in [0.25, 0.3) is 0 Å². The van der Waals surface area contributed by atoms with E-state index < -0.39 is 6.16 Å². The molecule has 2 rings (SSSR count). The topological polar surface area (TPSA) is 77.8 Å². The van der Waals surface area contributed by atoms with E-state index in [0.717, 1.165) is 24.2 Å². The first-order valence-corrected chi connectivity index (χ1v) is 8.16. The van der Waals surface area contributed by atoms with Crippen LogP contribution in [0.1, 0.15) is 70.6 Å². The number of aliphatic hydroxyl groups excluding tert-OH is 1. The van der Waals surface area contributed by atoms with Crippen molar-refractivity contribution in [3.8, 4) is 0 Å². The first-order chi connectivity index (χ1) is 9.63. The molecule has 0 heterocycles. The lowest BCUT2D eigenvalue weighted by atomic mass is 9.70. The molecule has 118 valence electrons. The Labute approximate surface area is 122 Å². The third kappa shape index (κ3) is 7.13. The Kier molecular flexibility index (Phi) is 8.67. The first kappa shape index (κ1) is 17.3. The van der Waals surface area contributed by atoms with Gasteiger partial charge in [0, 0.05) is 6.61 Å². The summed E-state index contributed by atoms with van der Waals surface area (Å²) >= 11 is 0. The predicted octanol–water partition coefficient (Wildman–Crippen LogP) is 4.37. The van der Waals surface area contributed by atoms with Crippen LogP contribution in [0.3, 0.4) is 0 Å². The molecule has 0 spiro atoms. The van der Waals surface area contributed by atoms with Crippen molar-refractivity contribution < 1.29 is 20.1 Å². The Morgan fingerprint density at radius 2 is 1.35 bits per heavy atom. The van der Waals surface area contributed by atoms with Crippen molar-refractivity contribution >= 4 is 6.16 Å². The molecule has 0 radical (unpaired) electrons. The second-order valence-corrected chi connectivity index (χ2v) is 6.33. The van der Waals surface area contributed by atoms with E-state index in [1.165, 1.54) is 64.2 Å². The van der Waals surface area contributed by atoms with E-state index in [4.69, 9.17) is 20.1 Å². The molecule has 0 aliphatic heterocycles. The summed E-state index contributed by atoms with van der Waals surface area (Å²) in [4.78, 5) is 8.56. The van der Waals surface area contributed by atoms with Gasteiger partial charge in [-0.2, -0.15) is 0 Å². The Hall–Kier alpha value is -0.770. The van der Waals surface area contributed by atoms with E-state index in [1.807, 2.05) is 0 Å². The average molecular weight is 286 g/mol.